The average Bonchev–Trinajstić information content (AvgIpc) is 2.78. The van der Waals surface area contributed by atoms with Crippen LogP contribution in [-0.2, 0) is 0 Å². The summed E-state index contributed by atoms with van der Waals surface area (Å²) in [6.07, 6.45) is 2.15. The molecule has 1 heterocycles. The van der Waals surface area contributed by atoms with E-state index < -0.39 is 0 Å². The maximum Gasteiger partial charge on any atom is 0.0490 e. The fraction of sp³-hybridized carbons (Fsp3) is 0.176. The van der Waals surface area contributed by atoms with Gasteiger partial charge in [-0.3, -0.25) is 0 Å². The number of nitrogens with two attached hydrogens (primary N) is 1. The molecule has 0 bridgehead atoms. The lowest BCUT2D eigenvalue weighted by molar-refractivity contribution is 0.925. The number of nitrogens with zero attached hydrogens (tertiary/aromatic N) is 1. The molecule has 3 rings (SSSR count). The third-order valence-corrected chi connectivity index (χ3v) is 3.40. The first kappa shape index (κ1) is 12.0. The summed E-state index contributed by atoms with van der Waals surface area (Å²) in [5.74, 6) is 0. The van der Waals surface area contributed by atoms with Gasteiger partial charge in [-0.15, -0.1) is 0 Å². The van der Waals surface area contributed by atoms with Crippen LogP contribution in [0.25, 0.3) is 5.57 Å². The Hall–Kier alpha value is -2.06. The van der Waals surface area contributed by atoms with E-state index in [-0.39, 0.29) is 6.04 Å². The van der Waals surface area contributed by atoms with Crippen LogP contribution in [0.1, 0.15) is 12.5 Å². The summed E-state index contributed by atoms with van der Waals surface area (Å²) < 4.78 is 0. The topological polar surface area (TPSA) is 29.3 Å². The lowest BCUT2D eigenvalue weighted by Gasteiger charge is -2.18. The van der Waals surface area contributed by atoms with Gasteiger partial charge in [0, 0.05) is 29.5 Å². The zero-order valence-corrected chi connectivity index (χ0v) is 11.1. The molecule has 0 amide bonds. The van der Waals surface area contributed by atoms with Crippen molar-refractivity contribution >= 4 is 16.9 Å². The minimum atomic E-state index is 0.0822. The summed E-state index contributed by atoms with van der Waals surface area (Å²) in [7, 11) is 0. The van der Waals surface area contributed by atoms with E-state index in [9.17, 15) is 0 Å². The van der Waals surface area contributed by atoms with Gasteiger partial charge in [-0.2, -0.15) is 0 Å². The van der Waals surface area contributed by atoms with Crippen LogP contribution < -0.4 is 10.6 Å². The van der Waals surface area contributed by atoms with E-state index in [1.165, 1.54) is 22.5 Å². The van der Waals surface area contributed by atoms with Crippen LogP contribution in [0.4, 0.5) is 11.4 Å². The molecule has 0 aromatic heterocycles. The highest BCUT2D eigenvalue weighted by molar-refractivity contribution is 5.89. The fourth-order valence-corrected chi connectivity index (χ4v) is 2.62. The van der Waals surface area contributed by atoms with Gasteiger partial charge in [0.2, 0.25) is 0 Å². The molecule has 2 aromatic rings. The maximum absolute atomic E-state index is 5.92. The van der Waals surface area contributed by atoms with Gasteiger partial charge < -0.3 is 10.6 Å². The first-order valence-electron chi connectivity index (χ1n) is 6.64. The van der Waals surface area contributed by atoms with Crippen molar-refractivity contribution in [2.75, 3.05) is 11.4 Å². The van der Waals surface area contributed by atoms with Crippen molar-refractivity contribution in [3.63, 3.8) is 0 Å². The molecule has 0 spiro atoms. The average molecular weight is 250 g/mol. The molecule has 2 heteroatoms. The molecule has 0 saturated carbocycles. The lowest BCUT2D eigenvalue weighted by atomic mass is 10.1. The molecule has 96 valence electrons. The van der Waals surface area contributed by atoms with E-state index in [0.29, 0.717) is 0 Å². The Morgan fingerprint density at radius 2 is 1.74 bits per heavy atom. The van der Waals surface area contributed by atoms with Crippen LogP contribution in [0.3, 0.4) is 0 Å². The third-order valence-electron chi connectivity index (χ3n) is 3.40. The standard InChI is InChI=1S/C17H18N2/c1-13(18)11-14-12-19(15-7-3-2-4-8-15)17-10-6-5-9-16(14)17/h2-11,13H,12,18H2,1H3. The normalized spacial score (nSPS) is 17.6. The van der Waals surface area contributed by atoms with Gasteiger partial charge in [0.05, 0.1) is 0 Å². The van der Waals surface area contributed by atoms with Crippen molar-refractivity contribution in [3.05, 3.63) is 66.2 Å². The van der Waals surface area contributed by atoms with Crippen LogP contribution in [-0.4, -0.2) is 12.6 Å². The quantitative estimate of drug-likeness (QED) is 0.883. The summed E-state index contributed by atoms with van der Waals surface area (Å²) in [4.78, 5) is 2.34. The smallest absolute Gasteiger partial charge is 0.0490 e. The van der Waals surface area contributed by atoms with Crippen LogP contribution >= 0.6 is 0 Å². The minimum Gasteiger partial charge on any atom is -0.336 e. The molecular formula is C17H18N2. The number of anilines is 2. The molecule has 19 heavy (non-hydrogen) atoms. The Kier molecular flexibility index (Phi) is 3.10. The maximum atomic E-state index is 5.92. The second kappa shape index (κ2) is 4.90. The van der Waals surface area contributed by atoms with Crippen molar-refractivity contribution in [2.45, 2.75) is 13.0 Å². The highest BCUT2D eigenvalue weighted by Crippen LogP contribution is 2.40. The van der Waals surface area contributed by atoms with Gasteiger partial charge in [-0.25, -0.2) is 0 Å². The zero-order chi connectivity index (χ0) is 13.2. The van der Waals surface area contributed by atoms with Gasteiger partial charge in [0.25, 0.3) is 0 Å². The number of para-hydroxylation sites is 2. The van der Waals surface area contributed by atoms with Crippen LogP contribution in [0.15, 0.2) is 60.7 Å². The predicted molar refractivity (Wildman–Crippen MR) is 81.5 cm³/mol. The van der Waals surface area contributed by atoms with E-state index in [4.69, 9.17) is 5.73 Å². The van der Waals surface area contributed by atoms with E-state index in [0.717, 1.165) is 6.54 Å². The van der Waals surface area contributed by atoms with E-state index in [1.54, 1.807) is 0 Å². The number of benzene rings is 2. The van der Waals surface area contributed by atoms with Crippen molar-refractivity contribution in [1.82, 2.24) is 0 Å². The molecule has 1 atom stereocenters. The Labute approximate surface area is 114 Å². The van der Waals surface area contributed by atoms with Crippen molar-refractivity contribution in [1.29, 1.82) is 0 Å². The van der Waals surface area contributed by atoms with E-state index in [1.807, 2.05) is 13.0 Å². The number of hydrogen-bond acceptors (Lipinski definition) is 2. The van der Waals surface area contributed by atoms with Crippen molar-refractivity contribution < 1.29 is 0 Å². The predicted octanol–water partition coefficient (Wildman–Crippen LogP) is 3.57. The van der Waals surface area contributed by atoms with Gasteiger partial charge in [0.15, 0.2) is 0 Å². The van der Waals surface area contributed by atoms with Crippen LogP contribution in [0.2, 0.25) is 0 Å². The first-order valence-corrected chi connectivity index (χ1v) is 6.64. The highest BCUT2D eigenvalue weighted by Gasteiger charge is 2.23. The molecule has 2 N–H and O–H groups in total. The van der Waals surface area contributed by atoms with Gasteiger partial charge in [-0.05, 0) is 30.7 Å². The molecule has 1 aliphatic rings. The van der Waals surface area contributed by atoms with Crippen molar-refractivity contribution in [3.8, 4) is 0 Å². The highest BCUT2D eigenvalue weighted by atomic mass is 15.2. The second-order valence-corrected chi connectivity index (χ2v) is 4.99. The largest absolute Gasteiger partial charge is 0.336 e. The number of hydrogen-bond donors (Lipinski definition) is 1. The molecule has 1 aliphatic heterocycles. The fourth-order valence-electron chi connectivity index (χ4n) is 2.62. The molecular weight excluding hydrogens is 232 g/mol. The Morgan fingerprint density at radius 3 is 2.47 bits per heavy atom. The van der Waals surface area contributed by atoms with E-state index in [2.05, 4.69) is 59.5 Å². The van der Waals surface area contributed by atoms with Gasteiger partial charge in [0.1, 0.15) is 0 Å². The zero-order valence-electron chi connectivity index (χ0n) is 11.1. The second-order valence-electron chi connectivity index (χ2n) is 4.99. The number of fused-ring (bicyclic) bond motifs is 1. The van der Waals surface area contributed by atoms with Crippen LogP contribution in [0.5, 0.6) is 0 Å². The van der Waals surface area contributed by atoms with Crippen molar-refractivity contribution in [2.24, 2.45) is 5.73 Å². The molecule has 0 radical (unpaired) electrons. The molecule has 0 saturated heterocycles. The third kappa shape index (κ3) is 2.27. The number of rotatable bonds is 2. The molecule has 0 fully saturated rings. The summed E-state index contributed by atoms with van der Waals surface area (Å²) in [5, 5.41) is 0. The lowest BCUT2D eigenvalue weighted by Crippen LogP contribution is -2.15. The monoisotopic (exact) mass is 250 g/mol. The first-order chi connectivity index (χ1) is 9.25. The minimum absolute atomic E-state index is 0.0822. The molecule has 1 unspecified atom stereocenters. The summed E-state index contributed by atoms with van der Waals surface area (Å²) in [6.45, 7) is 2.91. The summed E-state index contributed by atoms with van der Waals surface area (Å²) >= 11 is 0. The Balaban J connectivity index is 2.07. The molecule has 2 nitrogen and oxygen atoms in total. The molecule has 0 aliphatic carbocycles. The Bertz CT molecular complexity index is 600. The van der Waals surface area contributed by atoms with Gasteiger partial charge >= 0.3 is 0 Å². The molecule has 2 aromatic carbocycles. The van der Waals surface area contributed by atoms with Gasteiger partial charge in [-0.1, -0.05) is 42.5 Å². The Morgan fingerprint density at radius 1 is 1.05 bits per heavy atom. The van der Waals surface area contributed by atoms with Crippen LogP contribution in [0, 0.1) is 0 Å². The summed E-state index contributed by atoms with van der Waals surface area (Å²) in [6, 6.07) is 19.1. The SMILES string of the molecule is CC(N)C=C1CN(c2ccccc2)c2ccccc21. The van der Waals surface area contributed by atoms with E-state index >= 15 is 0 Å². The summed E-state index contributed by atoms with van der Waals surface area (Å²) in [5.41, 5.74) is 11.0.